The number of benzene rings is 5. The summed E-state index contributed by atoms with van der Waals surface area (Å²) in [5, 5.41) is 2.23. The van der Waals surface area contributed by atoms with Crippen LogP contribution in [0.15, 0.2) is 138 Å². The van der Waals surface area contributed by atoms with Gasteiger partial charge in [0, 0.05) is 28.1 Å². The molecule has 2 aromatic heterocycles. The van der Waals surface area contributed by atoms with Crippen molar-refractivity contribution < 1.29 is 4.42 Å². The summed E-state index contributed by atoms with van der Waals surface area (Å²) >= 11 is 0. The van der Waals surface area contributed by atoms with E-state index in [2.05, 4.69) is 96.0 Å². The first-order valence-electron chi connectivity index (χ1n) is 12.3. The third kappa shape index (κ3) is 3.97. The van der Waals surface area contributed by atoms with Crippen LogP contribution in [0.4, 0.5) is 0 Å². The van der Waals surface area contributed by atoms with Crippen LogP contribution in [0.1, 0.15) is 0 Å². The molecule has 0 aliphatic heterocycles. The van der Waals surface area contributed by atoms with Gasteiger partial charge in [-0.15, -0.1) is 0 Å². The Bertz CT molecular complexity index is 1810. The summed E-state index contributed by atoms with van der Waals surface area (Å²) < 4.78 is 6.12. The van der Waals surface area contributed by atoms with Crippen LogP contribution in [0, 0.1) is 0 Å². The van der Waals surface area contributed by atoms with Crippen LogP contribution >= 0.6 is 0 Å². The Morgan fingerprint density at radius 3 is 1.78 bits per heavy atom. The molecule has 0 amide bonds. The van der Waals surface area contributed by atoms with Gasteiger partial charge in [-0.25, -0.2) is 9.97 Å². The lowest BCUT2D eigenvalue weighted by Gasteiger charge is -2.11. The molecule has 0 bridgehead atoms. The predicted molar refractivity (Wildman–Crippen MR) is 151 cm³/mol. The predicted octanol–water partition coefficient (Wildman–Crippen LogP) is 9.04. The Balaban J connectivity index is 1.35. The third-order valence-corrected chi connectivity index (χ3v) is 6.74. The number of hydrogen-bond acceptors (Lipinski definition) is 3. The molecule has 0 saturated heterocycles. The molecule has 0 N–H and O–H groups in total. The minimum atomic E-state index is 0.692. The van der Waals surface area contributed by atoms with Crippen molar-refractivity contribution in [2.75, 3.05) is 0 Å². The lowest BCUT2D eigenvalue weighted by molar-refractivity contribution is 0.669. The summed E-state index contributed by atoms with van der Waals surface area (Å²) in [6, 6.07) is 43.8. The maximum atomic E-state index is 6.12. The van der Waals surface area contributed by atoms with Gasteiger partial charge in [-0.1, -0.05) is 84.9 Å². The van der Waals surface area contributed by atoms with E-state index in [1.807, 2.05) is 42.6 Å². The van der Waals surface area contributed by atoms with Crippen molar-refractivity contribution in [2.45, 2.75) is 0 Å². The van der Waals surface area contributed by atoms with Crippen LogP contribution in [0.3, 0.4) is 0 Å². The molecule has 0 unspecified atom stereocenters. The Morgan fingerprint density at radius 2 is 1.05 bits per heavy atom. The molecule has 0 radical (unpaired) electrons. The van der Waals surface area contributed by atoms with Gasteiger partial charge in [0.15, 0.2) is 5.82 Å². The van der Waals surface area contributed by atoms with Crippen LogP contribution in [-0.2, 0) is 0 Å². The second kappa shape index (κ2) is 8.89. The summed E-state index contributed by atoms with van der Waals surface area (Å²) in [6.45, 7) is 0. The van der Waals surface area contributed by atoms with E-state index in [-0.39, 0.29) is 0 Å². The topological polar surface area (TPSA) is 38.9 Å². The van der Waals surface area contributed by atoms with E-state index in [0.29, 0.717) is 5.82 Å². The molecule has 5 aromatic carbocycles. The fraction of sp³-hybridized carbons (Fsp3) is 0. The van der Waals surface area contributed by atoms with Crippen LogP contribution in [0.5, 0.6) is 0 Å². The summed E-state index contributed by atoms with van der Waals surface area (Å²) in [4.78, 5) is 9.66. The number of aromatic nitrogens is 2. The molecule has 174 valence electrons. The highest BCUT2D eigenvalue weighted by Gasteiger charge is 2.12. The maximum absolute atomic E-state index is 6.12. The van der Waals surface area contributed by atoms with Crippen LogP contribution in [0.2, 0.25) is 0 Å². The first-order valence-corrected chi connectivity index (χ1v) is 12.3. The number of fused-ring (bicyclic) bond motifs is 3. The van der Waals surface area contributed by atoms with E-state index in [0.717, 1.165) is 61.0 Å². The van der Waals surface area contributed by atoms with E-state index in [1.54, 1.807) is 0 Å². The van der Waals surface area contributed by atoms with E-state index in [1.165, 1.54) is 0 Å². The monoisotopic (exact) mass is 474 g/mol. The summed E-state index contributed by atoms with van der Waals surface area (Å²) in [7, 11) is 0. The SMILES string of the molecule is c1ccc(-c2cc(-c3ccccc3)cc(-c3nccc(-c4ccc5c(c4)oc4ccccc45)n3)c2)cc1. The molecule has 37 heavy (non-hydrogen) atoms. The van der Waals surface area contributed by atoms with Gasteiger partial charge in [-0.3, -0.25) is 0 Å². The molecular weight excluding hydrogens is 452 g/mol. The Morgan fingerprint density at radius 1 is 0.432 bits per heavy atom. The van der Waals surface area contributed by atoms with Crippen molar-refractivity contribution in [1.82, 2.24) is 9.97 Å². The van der Waals surface area contributed by atoms with Gasteiger partial charge in [0.05, 0.1) is 5.69 Å². The van der Waals surface area contributed by atoms with Crippen molar-refractivity contribution in [1.29, 1.82) is 0 Å². The van der Waals surface area contributed by atoms with Crippen LogP contribution in [-0.4, -0.2) is 9.97 Å². The fourth-order valence-electron chi connectivity index (χ4n) is 4.90. The number of rotatable bonds is 4. The smallest absolute Gasteiger partial charge is 0.159 e. The van der Waals surface area contributed by atoms with Gasteiger partial charge in [0.25, 0.3) is 0 Å². The highest BCUT2D eigenvalue weighted by molar-refractivity contribution is 6.05. The Kier molecular flexibility index (Phi) is 5.11. The lowest BCUT2D eigenvalue weighted by Crippen LogP contribution is -1.93. The molecule has 7 rings (SSSR count). The summed E-state index contributed by atoms with van der Waals surface area (Å²) in [6.07, 6.45) is 1.83. The van der Waals surface area contributed by atoms with E-state index >= 15 is 0 Å². The standard InChI is InChI=1S/C34H22N2O/c1-3-9-23(10-4-1)26-19-27(24-11-5-2-6-12-24)21-28(20-26)34-35-18-17-31(36-34)25-15-16-30-29-13-7-8-14-32(29)37-33(30)22-25/h1-22H. The minimum Gasteiger partial charge on any atom is -0.456 e. The van der Waals surface area contributed by atoms with Gasteiger partial charge in [-0.2, -0.15) is 0 Å². The van der Waals surface area contributed by atoms with Crippen molar-refractivity contribution in [2.24, 2.45) is 0 Å². The minimum absolute atomic E-state index is 0.692. The van der Waals surface area contributed by atoms with Gasteiger partial charge in [-0.05, 0) is 64.7 Å². The third-order valence-electron chi connectivity index (χ3n) is 6.74. The first kappa shape index (κ1) is 21.3. The van der Waals surface area contributed by atoms with Gasteiger partial charge < -0.3 is 4.42 Å². The van der Waals surface area contributed by atoms with E-state index in [4.69, 9.17) is 9.40 Å². The van der Waals surface area contributed by atoms with Crippen LogP contribution in [0.25, 0.3) is 66.8 Å². The second-order valence-corrected chi connectivity index (χ2v) is 9.11. The molecule has 0 atom stereocenters. The van der Waals surface area contributed by atoms with E-state index < -0.39 is 0 Å². The number of hydrogen-bond donors (Lipinski definition) is 0. The average molecular weight is 475 g/mol. The quantitative estimate of drug-likeness (QED) is 0.255. The Labute approximate surface area is 214 Å². The van der Waals surface area contributed by atoms with Crippen molar-refractivity contribution in [3.8, 4) is 44.9 Å². The molecule has 0 aliphatic carbocycles. The Hall–Kier alpha value is -5.02. The second-order valence-electron chi connectivity index (χ2n) is 9.11. The van der Waals surface area contributed by atoms with Crippen LogP contribution < -0.4 is 0 Å². The fourth-order valence-corrected chi connectivity index (χ4v) is 4.90. The molecular formula is C34H22N2O. The van der Waals surface area contributed by atoms with Gasteiger partial charge in [0.1, 0.15) is 11.2 Å². The average Bonchev–Trinajstić information content (AvgIpc) is 3.36. The highest BCUT2D eigenvalue weighted by atomic mass is 16.3. The zero-order chi connectivity index (χ0) is 24.6. The van der Waals surface area contributed by atoms with Crippen molar-refractivity contribution in [3.63, 3.8) is 0 Å². The molecule has 2 heterocycles. The zero-order valence-corrected chi connectivity index (χ0v) is 20.0. The molecule has 0 aliphatic rings. The molecule has 3 nitrogen and oxygen atoms in total. The summed E-state index contributed by atoms with van der Waals surface area (Å²) in [5.74, 6) is 0.692. The zero-order valence-electron chi connectivity index (χ0n) is 20.0. The highest BCUT2D eigenvalue weighted by Crippen LogP contribution is 2.34. The van der Waals surface area contributed by atoms with E-state index in [9.17, 15) is 0 Å². The molecule has 7 aromatic rings. The molecule has 0 fully saturated rings. The molecule has 0 saturated carbocycles. The lowest BCUT2D eigenvalue weighted by atomic mass is 9.96. The van der Waals surface area contributed by atoms with Gasteiger partial charge in [0.2, 0.25) is 0 Å². The number of nitrogens with zero attached hydrogens (tertiary/aromatic N) is 2. The molecule has 3 heteroatoms. The molecule has 0 spiro atoms. The largest absolute Gasteiger partial charge is 0.456 e. The normalized spacial score (nSPS) is 11.2. The first-order chi connectivity index (χ1) is 18.3. The maximum Gasteiger partial charge on any atom is 0.159 e. The summed E-state index contributed by atoms with van der Waals surface area (Å²) in [5.41, 5.74) is 9.18. The number of furan rings is 1. The van der Waals surface area contributed by atoms with Crippen molar-refractivity contribution >= 4 is 21.9 Å². The van der Waals surface area contributed by atoms with Crippen molar-refractivity contribution in [3.05, 3.63) is 134 Å². The van der Waals surface area contributed by atoms with Gasteiger partial charge >= 0.3 is 0 Å². The number of para-hydroxylation sites is 1.